The molecule has 1 N–H and O–H groups in total. The molecule has 1 aliphatic rings. The fourth-order valence-electron chi connectivity index (χ4n) is 4.36. The molecule has 3 aromatic rings. The first-order valence-electron chi connectivity index (χ1n) is 11.5. The van der Waals surface area contributed by atoms with Crippen LogP contribution in [-0.2, 0) is 40.4 Å². The number of hydrogen-bond donors (Lipinski definition) is 1. The average Bonchev–Trinajstić information content (AvgIpc) is 2.90. The van der Waals surface area contributed by atoms with Crippen LogP contribution in [0, 0.1) is 5.82 Å². The summed E-state index contributed by atoms with van der Waals surface area (Å²) in [6.45, 7) is 0.0451. The molecule has 0 saturated carbocycles. The van der Waals surface area contributed by atoms with E-state index in [1.165, 1.54) is 42.8 Å². The molecule has 13 heteroatoms. The number of nitrogens with one attached hydrogen (secondary N) is 1. The Morgan fingerprint density at radius 3 is 2.46 bits per heavy atom. The van der Waals surface area contributed by atoms with E-state index in [1.807, 2.05) is 0 Å². The van der Waals surface area contributed by atoms with Gasteiger partial charge in [-0.2, -0.15) is 17.5 Å². The summed E-state index contributed by atoms with van der Waals surface area (Å²) in [5.41, 5.74) is -0.516. The number of carbonyl (C=O) groups excluding carboxylic acids is 1. The Morgan fingerprint density at radius 2 is 1.79 bits per heavy atom. The van der Waals surface area contributed by atoms with Crippen molar-refractivity contribution < 1.29 is 40.2 Å². The predicted octanol–water partition coefficient (Wildman–Crippen LogP) is 5.44. The van der Waals surface area contributed by atoms with Gasteiger partial charge in [0.15, 0.2) is 11.5 Å². The van der Waals surface area contributed by atoms with E-state index in [2.05, 4.69) is 5.32 Å². The highest BCUT2D eigenvalue weighted by Crippen LogP contribution is 2.37. The summed E-state index contributed by atoms with van der Waals surface area (Å²) in [5, 5.41) is 2.72. The maximum absolute atomic E-state index is 14.4. The van der Waals surface area contributed by atoms with Crippen LogP contribution < -0.4 is 14.8 Å². The quantitative estimate of drug-likeness (QED) is 0.373. The van der Waals surface area contributed by atoms with Crippen LogP contribution in [0.2, 0.25) is 5.02 Å². The van der Waals surface area contributed by atoms with Gasteiger partial charge in [-0.25, -0.2) is 12.8 Å². The summed E-state index contributed by atoms with van der Waals surface area (Å²) < 4.78 is 91.8. The molecule has 0 fully saturated rings. The van der Waals surface area contributed by atoms with E-state index < -0.39 is 45.5 Å². The Hall–Kier alpha value is -3.35. The first-order valence-corrected chi connectivity index (χ1v) is 13.4. The molecule has 7 nitrogen and oxygen atoms in total. The Morgan fingerprint density at radius 1 is 1.08 bits per heavy atom. The molecule has 1 amide bonds. The van der Waals surface area contributed by atoms with Gasteiger partial charge in [0.2, 0.25) is 15.9 Å². The number of halogens is 5. The smallest absolute Gasteiger partial charge is 0.419 e. The van der Waals surface area contributed by atoms with Crippen molar-refractivity contribution >= 4 is 33.2 Å². The number of nitrogens with zero attached hydrogens (tertiary/aromatic N) is 1. The van der Waals surface area contributed by atoms with Gasteiger partial charge >= 0.3 is 6.18 Å². The SMILES string of the molecule is COc1ccc(S(=O)(=O)N2CCc3c(ccc(Cl)c3NC(=O)Cc3cccc(C(F)(F)F)c3F)C2)cc1OC. The number of benzene rings is 3. The molecule has 0 aromatic heterocycles. The minimum Gasteiger partial charge on any atom is -0.493 e. The van der Waals surface area contributed by atoms with Crippen molar-refractivity contribution in [3.63, 3.8) is 0 Å². The highest BCUT2D eigenvalue weighted by atomic mass is 35.5. The van der Waals surface area contributed by atoms with E-state index in [0.717, 1.165) is 12.1 Å². The van der Waals surface area contributed by atoms with Gasteiger partial charge in [-0.3, -0.25) is 4.79 Å². The van der Waals surface area contributed by atoms with E-state index in [0.29, 0.717) is 22.9 Å². The summed E-state index contributed by atoms with van der Waals surface area (Å²) >= 11 is 6.31. The first kappa shape index (κ1) is 28.7. The van der Waals surface area contributed by atoms with Crippen molar-refractivity contribution in [1.29, 1.82) is 0 Å². The number of ether oxygens (including phenoxy) is 2. The lowest BCUT2D eigenvalue weighted by atomic mass is 9.98. The fraction of sp³-hybridized carbons (Fsp3) is 0.269. The molecule has 0 bridgehead atoms. The molecular weight excluding hydrogens is 564 g/mol. The molecule has 1 heterocycles. The van der Waals surface area contributed by atoms with Crippen LogP contribution in [0.15, 0.2) is 53.4 Å². The zero-order valence-electron chi connectivity index (χ0n) is 20.7. The first-order chi connectivity index (χ1) is 18.4. The summed E-state index contributed by atoms with van der Waals surface area (Å²) in [4.78, 5) is 12.7. The maximum Gasteiger partial charge on any atom is 0.419 e. The van der Waals surface area contributed by atoms with E-state index in [1.54, 1.807) is 6.07 Å². The zero-order valence-corrected chi connectivity index (χ0v) is 22.3. The lowest BCUT2D eigenvalue weighted by Crippen LogP contribution is -2.36. The molecular formula is C26H23ClF4N2O5S. The molecule has 4 rings (SSSR count). The molecule has 1 aliphatic heterocycles. The van der Waals surface area contributed by atoms with Gasteiger partial charge in [-0.05, 0) is 47.4 Å². The second kappa shape index (κ2) is 11.0. The van der Waals surface area contributed by atoms with Crippen molar-refractivity contribution in [2.24, 2.45) is 0 Å². The number of anilines is 1. The largest absolute Gasteiger partial charge is 0.493 e. The number of rotatable bonds is 7. The maximum atomic E-state index is 14.4. The fourth-order valence-corrected chi connectivity index (χ4v) is 6.02. The van der Waals surface area contributed by atoms with Gasteiger partial charge in [0.05, 0.1) is 41.8 Å². The Labute approximate surface area is 227 Å². The summed E-state index contributed by atoms with van der Waals surface area (Å²) in [5.74, 6) is -1.66. The van der Waals surface area contributed by atoms with Crippen LogP contribution in [0.4, 0.5) is 23.2 Å². The highest BCUT2D eigenvalue weighted by Gasteiger charge is 2.35. The van der Waals surface area contributed by atoms with E-state index in [4.69, 9.17) is 21.1 Å². The Bertz CT molecular complexity index is 1530. The van der Waals surface area contributed by atoms with Crippen LogP contribution in [0.3, 0.4) is 0 Å². The molecule has 0 aliphatic carbocycles. The third-order valence-corrected chi connectivity index (χ3v) is 8.47. The van der Waals surface area contributed by atoms with Gasteiger partial charge in [0.25, 0.3) is 0 Å². The lowest BCUT2D eigenvalue weighted by molar-refractivity contribution is -0.140. The third kappa shape index (κ3) is 5.82. The topological polar surface area (TPSA) is 84.9 Å². The van der Waals surface area contributed by atoms with E-state index >= 15 is 0 Å². The van der Waals surface area contributed by atoms with E-state index in [-0.39, 0.29) is 40.9 Å². The third-order valence-electron chi connectivity index (χ3n) is 6.31. The lowest BCUT2D eigenvalue weighted by Gasteiger charge is -2.30. The summed E-state index contributed by atoms with van der Waals surface area (Å²) in [6.07, 6.45) is -5.37. The molecule has 208 valence electrons. The second-order valence-corrected chi connectivity index (χ2v) is 11.0. The van der Waals surface area contributed by atoms with Crippen LogP contribution in [0.1, 0.15) is 22.3 Å². The van der Waals surface area contributed by atoms with Gasteiger partial charge < -0.3 is 14.8 Å². The van der Waals surface area contributed by atoms with Crippen LogP contribution in [0.25, 0.3) is 0 Å². The summed E-state index contributed by atoms with van der Waals surface area (Å²) in [7, 11) is -1.10. The van der Waals surface area contributed by atoms with Crippen LogP contribution in [0.5, 0.6) is 11.5 Å². The standard InChI is InChI=1S/C26H23ClF4N2O5S/c1-37-21-9-7-17(13-22(21)38-2)39(35,36)33-11-10-18-16(14-33)6-8-20(27)25(18)32-23(34)12-15-4-3-5-19(24(15)28)26(29,30)31/h3-9,13H,10-12,14H2,1-2H3,(H,32,34). The van der Waals surface area contributed by atoms with Crippen LogP contribution in [-0.4, -0.2) is 39.4 Å². The molecule has 0 saturated heterocycles. The summed E-state index contributed by atoms with van der Waals surface area (Å²) in [6, 6.07) is 10.1. The monoisotopic (exact) mass is 586 g/mol. The van der Waals surface area contributed by atoms with Crippen molar-refractivity contribution in [3.05, 3.63) is 81.6 Å². The Balaban J connectivity index is 1.56. The molecule has 3 aromatic carbocycles. The number of amides is 1. The zero-order chi connectivity index (χ0) is 28.5. The number of alkyl halides is 3. The van der Waals surface area contributed by atoms with Crippen molar-refractivity contribution in [3.8, 4) is 11.5 Å². The average molecular weight is 587 g/mol. The van der Waals surface area contributed by atoms with Crippen molar-refractivity contribution in [1.82, 2.24) is 4.31 Å². The molecule has 0 spiro atoms. The van der Waals surface area contributed by atoms with Gasteiger partial charge in [0, 0.05) is 19.2 Å². The van der Waals surface area contributed by atoms with Gasteiger partial charge in [-0.15, -0.1) is 0 Å². The van der Waals surface area contributed by atoms with Gasteiger partial charge in [-0.1, -0.05) is 29.8 Å². The minimum absolute atomic E-state index is 0.00852. The second-order valence-electron chi connectivity index (χ2n) is 8.67. The van der Waals surface area contributed by atoms with Crippen molar-refractivity contribution in [2.75, 3.05) is 26.1 Å². The molecule has 0 atom stereocenters. The van der Waals surface area contributed by atoms with Crippen LogP contribution >= 0.6 is 11.6 Å². The normalized spacial score (nSPS) is 14.0. The number of hydrogen-bond acceptors (Lipinski definition) is 5. The van der Waals surface area contributed by atoms with Crippen molar-refractivity contribution in [2.45, 2.75) is 30.5 Å². The molecule has 0 unspecified atom stereocenters. The van der Waals surface area contributed by atoms with Gasteiger partial charge in [0.1, 0.15) is 5.82 Å². The Kier molecular flexibility index (Phi) is 8.10. The predicted molar refractivity (Wildman–Crippen MR) is 136 cm³/mol. The number of fused-ring (bicyclic) bond motifs is 1. The molecule has 39 heavy (non-hydrogen) atoms. The van der Waals surface area contributed by atoms with E-state index in [9.17, 15) is 30.8 Å². The minimum atomic E-state index is -4.90. The molecule has 0 radical (unpaired) electrons. The number of sulfonamides is 1. The number of carbonyl (C=O) groups is 1. The number of methoxy groups -OCH3 is 2. The highest BCUT2D eigenvalue weighted by molar-refractivity contribution is 7.89.